The molecule has 0 bridgehead atoms. The normalized spacial score (nSPS) is 20.4. The molecular formula is C18H23N5O2. The lowest BCUT2D eigenvalue weighted by atomic mass is 10.2. The van der Waals surface area contributed by atoms with Crippen molar-refractivity contribution in [3.8, 4) is 5.75 Å². The summed E-state index contributed by atoms with van der Waals surface area (Å²) in [4.78, 5) is 16.9. The molecule has 0 radical (unpaired) electrons. The molecule has 0 saturated carbocycles. The van der Waals surface area contributed by atoms with Gasteiger partial charge in [0, 0.05) is 25.2 Å². The average Bonchev–Trinajstić information content (AvgIpc) is 2.85. The minimum absolute atomic E-state index is 0.137. The highest BCUT2D eigenvalue weighted by Crippen LogP contribution is 2.24. The van der Waals surface area contributed by atoms with Crippen LogP contribution < -0.4 is 4.74 Å². The molecule has 2 aliphatic heterocycles. The largest absolute Gasteiger partial charge is 0.492 e. The van der Waals surface area contributed by atoms with E-state index in [2.05, 4.69) is 32.7 Å². The van der Waals surface area contributed by atoms with Crippen LogP contribution in [0, 0.1) is 6.92 Å². The van der Waals surface area contributed by atoms with Gasteiger partial charge in [-0.15, -0.1) is 10.2 Å². The predicted octanol–water partition coefficient (Wildman–Crippen LogP) is 1.38. The summed E-state index contributed by atoms with van der Waals surface area (Å²) in [6.45, 7) is 7.79. The molecule has 132 valence electrons. The van der Waals surface area contributed by atoms with Crippen molar-refractivity contribution in [2.45, 2.75) is 33.0 Å². The number of para-hydroxylation sites is 1. The van der Waals surface area contributed by atoms with Gasteiger partial charge in [-0.3, -0.25) is 9.69 Å². The van der Waals surface area contributed by atoms with Crippen LogP contribution in [0.4, 0.5) is 0 Å². The molecule has 3 heterocycles. The molecule has 0 fully saturated rings. The van der Waals surface area contributed by atoms with Crippen LogP contribution in [0.2, 0.25) is 0 Å². The Balaban J connectivity index is 1.44. The smallest absolute Gasteiger partial charge is 0.237 e. The second kappa shape index (κ2) is 6.48. The van der Waals surface area contributed by atoms with Crippen LogP contribution in [0.5, 0.6) is 5.75 Å². The summed E-state index contributed by atoms with van der Waals surface area (Å²) in [7, 11) is 0. The van der Waals surface area contributed by atoms with Crippen LogP contribution in [0.1, 0.15) is 30.2 Å². The number of carbonyl (C=O) groups excluding carboxylic acids is 1. The lowest BCUT2D eigenvalue weighted by molar-refractivity contribution is -0.134. The fourth-order valence-corrected chi connectivity index (χ4v) is 3.73. The Bertz CT molecular complexity index is 788. The Morgan fingerprint density at radius 3 is 3.00 bits per heavy atom. The maximum Gasteiger partial charge on any atom is 0.237 e. The zero-order chi connectivity index (χ0) is 17.4. The molecule has 1 aromatic carbocycles. The minimum atomic E-state index is 0.137. The standard InChI is InChI=1S/C18H23N5O2/c1-13-9-22(11-17-20-19-14(2)23(13)17)18(24)12-21-7-8-25-16-6-4-3-5-15(16)10-21/h3-6,13H,7-12H2,1-2H3. The summed E-state index contributed by atoms with van der Waals surface area (Å²) in [6, 6.07) is 8.24. The van der Waals surface area contributed by atoms with E-state index in [1.165, 1.54) is 0 Å². The molecule has 1 aromatic heterocycles. The third-order valence-electron chi connectivity index (χ3n) is 4.94. The molecule has 7 heteroatoms. The van der Waals surface area contributed by atoms with Crippen LogP contribution in [0.25, 0.3) is 0 Å². The van der Waals surface area contributed by atoms with Crippen LogP contribution in [0.3, 0.4) is 0 Å². The number of ether oxygens (including phenoxy) is 1. The van der Waals surface area contributed by atoms with Crippen molar-refractivity contribution >= 4 is 5.91 Å². The fourth-order valence-electron chi connectivity index (χ4n) is 3.73. The Morgan fingerprint density at radius 1 is 1.28 bits per heavy atom. The topological polar surface area (TPSA) is 63.5 Å². The molecule has 1 unspecified atom stereocenters. The number of benzene rings is 1. The van der Waals surface area contributed by atoms with Gasteiger partial charge in [0.1, 0.15) is 18.2 Å². The highest BCUT2D eigenvalue weighted by atomic mass is 16.5. The summed E-state index contributed by atoms with van der Waals surface area (Å²) in [5, 5.41) is 8.36. The summed E-state index contributed by atoms with van der Waals surface area (Å²) >= 11 is 0. The van der Waals surface area contributed by atoms with Crippen LogP contribution in [0.15, 0.2) is 24.3 Å². The third-order valence-corrected chi connectivity index (χ3v) is 4.94. The Hall–Kier alpha value is -2.41. The van der Waals surface area contributed by atoms with Crippen molar-refractivity contribution in [1.82, 2.24) is 24.6 Å². The SMILES string of the molecule is Cc1nnc2n1C(C)CN(C(=O)CN1CCOc3ccccc3C1)C2. The number of aromatic nitrogens is 3. The maximum atomic E-state index is 12.8. The van der Waals surface area contributed by atoms with Gasteiger partial charge in [-0.05, 0) is 19.9 Å². The van der Waals surface area contributed by atoms with E-state index in [1.54, 1.807) is 0 Å². The first-order valence-electron chi connectivity index (χ1n) is 8.73. The zero-order valence-corrected chi connectivity index (χ0v) is 14.7. The summed E-state index contributed by atoms with van der Waals surface area (Å²) in [5.74, 6) is 2.84. The van der Waals surface area contributed by atoms with Crippen LogP contribution >= 0.6 is 0 Å². The lowest BCUT2D eigenvalue weighted by Crippen LogP contribution is -2.45. The first-order valence-corrected chi connectivity index (χ1v) is 8.73. The molecule has 2 aromatic rings. The van der Waals surface area contributed by atoms with Crippen molar-refractivity contribution in [2.24, 2.45) is 0 Å². The van der Waals surface area contributed by atoms with Crippen LogP contribution in [-0.4, -0.2) is 56.7 Å². The number of rotatable bonds is 2. The van der Waals surface area contributed by atoms with Crippen molar-refractivity contribution in [2.75, 3.05) is 26.2 Å². The number of aryl methyl sites for hydroxylation is 1. The van der Waals surface area contributed by atoms with Gasteiger partial charge in [-0.2, -0.15) is 0 Å². The van der Waals surface area contributed by atoms with E-state index >= 15 is 0 Å². The van der Waals surface area contributed by atoms with Crippen molar-refractivity contribution in [3.05, 3.63) is 41.5 Å². The zero-order valence-electron chi connectivity index (χ0n) is 14.7. The highest BCUT2D eigenvalue weighted by molar-refractivity contribution is 5.78. The summed E-state index contributed by atoms with van der Waals surface area (Å²) in [5.41, 5.74) is 1.13. The van der Waals surface area contributed by atoms with Crippen molar-refractivity contribution in [3.63, 3.8) is 0 Å². The van der Waals surface area contributed by atoms with Crippen molar-refractivity contribution in [1.29, 1.82) is 0 Å². The molecule has 0 N–H and O–H groups in total. The number of hydrogen-bond donors (Lipinski definition) is 0. The number of fused-ring (bicyclic) bond motifs is 2. The van der Waals surface area contributed by atoms with Gasteiger partial charge >= 0.3 is 0 Å². The number of amides is 1. The van der Waals surface area contributed by atoms with Gasteiger partial charge in [0.15, 0.2) is 5.82 Å². The molecule has 7 nitrogen and oxygen atoms in total. The summed E-state index contributed by atoms with van der Waals surface area (Å²) < 4.78 is 7.91. The summed E-state index contributed by atoms with van der Waals surface area (Å²) in [6.07, 6.45) is 0. The van der Waals surface area contributed by atoms with Gasteiger partial charge < -0.3 is 14.2 Å². The van der Waals surface area contributed by atoms with Gasteiger partial charge in [-0.1, -0.05) is 18.2 Å². The predicted molar refractivity (Wildman–Crippen MR) is 92.1 cm³/mol. The molecule has 1 atom stereocenters. The molecule has 4 rings (SSSR count). The molecule has 25 heavy (non-hydrogen) atoms. The quantitative estimate of drug-likeness (QED) is 0.826. The van der Waals surface area contributed by atoms with Gasteiger partial charge in [-0.25, -0.2) is 0 Å². The highest BCUT2D eigenvalue weighted by Gasteiger charge is 2.29. The minimum Gasteiger partial charge on any atom is -0.492 e. The maximum absolute atomic E-state index is 12.8. The number of hydrogen-bond acceptors (Lipinski definition) is 5. The monoisotopic (exact) mass is 341 g/mol. The van der Waals surface area contributed by atoms with E-state index in [9.17, 15) is 4.79 Å². The average molecular weight is 341 g/mol. The van der Waals surface area contributed by atoms with Gasteiger partial charge in [0.05, 0.1) is 19.1 Å². The van der Waals surface area contributed by atoms with E-state index in [0.717, 1.165) is 36.1 Å². The molecule has 0 saturated heterocycles. The first kappa shape index (κ1) is 16.1. The number of nitrogens with zero attached hydrogens (tertiary/aromatic N) is 5. The molecule has 0 spiro atoms. The van der Waals surface area contributed by atoms with Crippen molar-refractivity contribution < 1.29 is 9.53 Å². The van der Waals surface area contributed by atoms with E-state index in [1.807, 2.05) is 30.0 Å². The fraction of sp³-hybridized carbons (Fsp3) is 0.500. The Labute approximate surface area is 147 Å². The first-order chi connectivity index (χ1) is 12.1. The van der Waals surface area contributed by atoms with Crippen LogP contribution in [-0.2, 0) is 17.9 Å². The Morgan fingerprint density at radius 2 is 2.12 bits per heavy atom. The second-order valence-corrected chi connectivity index (χ2v) is 6.82. The van der Waals surface area contributed by atoms with Gasteiger partial charge in [0.2, 0.25) is 5.91 Å². The van der Waals surface area contributed by atoms with Gasteiger partial charge in [0.25, 0.3) is 0 Å². The molecule has 2 aliphatic rings. The Kier molecular flexibility index (Phi) is 4.17. The molecule has 1 amide bonds. The third kappa shape index (κ3) is 3.11. The van der Waals surface area contributed by atoms with E-state index in [-0.39, 0.29) is 11.9 Å². The molecule has 0 aliphatic carbocycles. The second-order valence-electron chi connectivity index (χ2n) is 6.82. The molecular weight excluding hydrogens is 318 g/mol. The van der Waals surface area contributed by atoms with E-state index < -0.39 is 0 Å². The van der Waals surface area contributed by atoms with E-state index in [0.29, 0.717) is 26.2 Å². The van der Waals surface area contributed by atoms with E-state index in [4.69, 9.17) is 4.74 Å². The lowest BCUT2D eigenvalue weighted by Gasteiger charge is -2.33. The number of carbonyl (C=O) groups is 1.